The van der Waals surface area contributed by atoms with Crippen molar-refractivity contribution >= 4 is 28.1 Å². The summed E-state index contributed by atoms with van der Waals surface area (Å²) in [7, 11) is 8.77. The van der Waals surface area contributed by atoms with Crippen molar-refractivity contribution < 1.29 is 19.1 Å². The van der Waals surface area contributed by atoms with Gasteiger partial charge in [0, 0.05) is 62.4 Å². The summed E-state index contributed by atoms with van der Waals surface area (Å²) in [5.41, 5.74) is 5.98. The first-order valence-electron chi connectivity index (χ1n) is 15.3. The average Bonchev–Trinajstić information content (AvgIpc) is 3.60. The van der Waals surface area contributed by atoms with E-state index in [4.69, 9.17) is 14.5 Å². The molecule has 10 heteroatoms. The summed E-state index contributed by atoms with van der Waals surface area (Å²) < 4.78 is 15.4. The van der Waals surface area contributed by atoms with E-state index in [0.717, 1.165) is 76.4 Å². The van der Waals surface area contributed by atoms with Gasteiger partial charge in [0.15, 0.2) is 5.78 Å². The predicted octanol–water partition coefficient (Wildman–Crippen LogP) is 4.91. The summed E-state index contributed by atoms with van der Waals surface area (Å²) in [4.78, 5) is 39.5. The lowest BCUT2D eigenvalue weighted by atomic mass is 9.96. The number of nitrogens with zero attached hydrogens (tertiary/aromatic N) is 6. The zero-order valence-electron chi connectivity index (χ0n) is 26.8. The number of ketones is 1. The minimum Gasteiger partial charge on any atom is -0.496 e. The van der Waals surface area contributed by atoms with Crippen LogP contribution in [-0.4, -0.2) is 88.4 Å². The Labute approximate surface area is 263 Å². The molecular formula is C35H40N6O4. The summed E-state index contributed by atoms with van der Waals surface area (Å²) in [5, 5.41) is 0.910. The molecule has 1 saturated heterocycles. The molecule has 3 aromatic heterocycles. The second kappa shape index (κ2) is 12.4. The van der Waals surface area contributed by atoms with Crippen molar-refractivity contribution in [3.05, 3.63) is 77.6 Å². The maximum atomic E-state index is 13.6. The number of ether oxygens (including phenoxy) is 2. The van der Waals surface area contributed by atoms with Crippen LogP contribution in [0.5, 0.6) is 11.5 Å². The van der Waals surface area contributed by atoms with E-state index in [0.29, 0.717) is 18.0 Å². The second-order valence-electron chi connectivity index (χ2n) is 12.0. The van der Waals surface area contributed by atoms with Crippen molar-refractivity contribution in [2.45, 2.75) is 32.1 Å². The molecule has 0 atom stereocenters. The summed E-state index contributed by atoms with van der Waals surface area (Å²) in [5.74, 6) is 2.77. The largest absolute Gasteiger partial charge is 0.496 e. The molecule has 45 heavy (non-hydrogen) atoms. The zero-order chi connectivity index (χ0) is 31.8. The van der Waals surface area contributed by atoms with Crippen molar-refractivity contribution in [2.24, 2.45) is 7.05 Å². The van der Waals surface area contributed by atoms with E-state index < -0.39 is 0 Å². The van der Waals surface area contributed by atoms with Crippen LogP contribution < -0.4 is 9.47 Å². The van der Waals surface area contributed by atoms with Gasteiger partial charge in [-0.15, -0.1) is 0 Å². The van der Waals surface area contributed by atoms with Crippen LogP contribution in [-0.2, 0) is 18.3 Å². The lowest BCUT2D eigenvalue weighted by Crippen LogP contribution is -2.40. The lowest BCUT2D eigenvalue weighted by molar-refractivity contribution is -0.130. The number of Topliss-reactive ketones (excluding diaryl/α,β-unsaturated/α-hetero) is 1. The van der Waals surface area contributed by atoms with Gasteiger partial charge >= 0.3 is 0 Å². The van der Waals surface area contributed by atoms with Crippen LogP contribution in [0.15, 0.2) is 54.9 Å². The molecule has 1 amide bonds. The Kier molecular flexibility index (Phi) is 8.33. The smallest absolute Gasteiger partial charge is 0.236 e. The van der Waals surface area contributed by atoms with Crippen molar-refractivity contribution in [3.8, 4) is 22.8 Å². The first kappa shape index (κ1) is 30.3. The standard InChI is InChI=1S/C35H40N6O4/c1-22-34-33(37-35(41(34)17-14-36-22)23-12-15-40(16-13-23)21-32(43)38(2)3)25-11-10-24(31(19-25)45-6)18-29(42)28-20-26-27(39(28)4)8-7-9-30(26)44-5/h7-11,14,17,19-20,23H,12-13,15-16,18,21H2,1-6H3. The zero-order valence-corrected chi connectivity index (χ0v) is 26.8. The molecule has 2 aromatic carbocycles. The van der Waals surface area contributed by atoms with Crippen LogP contribution in [0.4, 0.5) is 0 Å². The molecule has 5 aromatic rings. The highest BCUT2D eigenvalue weighted by Gasteiger charge is 2.28. The van der Waals surface area contributed by atoms with Crippen LogP contribution in [0.2, 0.25) is 0 Å². The fraction of sp³-hybridized carbons (Fsp3) is 0.371. The Morgan fingerprint density at radius 3 is 2.49 bits per heavy atom. The molecule has 0 N–H and O–H groups in total. The summed E-state index contributed by atoms with van der Waals surface area (Å²) in [6.45, 7) is 4.14. The number of rotatable bonds is 9. The Balaban J connectivity index is 1.28. The van der Waals surface area contributed by atoms with Gasteiger partial charge in [0.1, 0.15) is 17.3 Å². The SMILES string of the molecule is COc1cc(-c2nc(C3CCN(CC(=O)N(C)C)CC3)n3ccnc(C)c23)ccc1CC(=O)c1cc2c(OC)cccc2n1C. The van der Waals surface area contributed by atoms with Gasteiger partial charge in [-0.25, -0.2) is 4.98 Å². The van der Waals surface area contributed by atoms with E-state index in [-0.39, 0.29) is 24.0 Å². The van der Waals surface area contributed by atoms with E-state index >= 15 is 0 Å². The molecule has 0 radical (unpaired) electrons. The maximum absolute atomic E-state index is 13.6. The fourth-order valence-electron chi connectivity index (χ4n) is 6.47. The van der Waals surface area contributed by atoms with Crippen molar-refractivity contribution in [3.63, 3.8) is 0 Å². The van der Waals surface area contributed by atoms with Gasteiger partial charge in [-0.05, 0) is 57.1 Å². The van der Waals surface area contributed by atoms with E-state index in [1.807, 2.05) is 73.4 Å². The fourth-order valence-corrected chi connectivity index (χ4v) is 6.47. The number of hydrogen-bond acceptors (Lipinski definition) is 7. The summed E-state index contributed by atoms with van der Waals surface area (Å²) in [6, 6.07) is 13.7. The molecule has 4 heterocycles. The molecule has 234 valence electrons. The highest BCUT2D eigenvalue weighted by atomic mass is 16.5. The number of carbonyl (C=O) groups is 2. The highest BCUT2D eigenvalue weighted by Crippen LogP contribution is 2.36. The number of aryl methyl sites for hydroxylation is 2. The molecule has 0 bridgehead atoms. The molecule has 0 aliphatic carbocycles. The Hall–Kier alpha value is -4.70. The number of methoxy groups -OCH3 is 2. The molecule has 0 saturated carbocycles. The number of imidazole rings is 1. The molecule has 0 unspecified atom stereocenters. The highest BCUT2D eigenvalue weighted by molar-refractivity contribution is 6.02. The molecule has 10 nitrogen and oxygen atoms in total. The number of amides is 1. The van der Waals surface area contributed by atoms with E-state index in [9.17, 15) is 9.59 Å². The van der Waals surface area contributed by atoms with Crippen LogP contribution in [0.1, 0.15) is 46.3 Å². The Bertz CT molecular complexity index is 1900. The van der Waals surface area contributed by atoms with Crippen molar-refractivity contribution in [2.75, 3.05) is 47.9 Å². The van der Waals surface area contributed by atoms with E-state index in [1.165, 1.54) is 0 Å². The molecule has 6 rings (SSSR count). The van der Waals surface area contributed by atoms with Gasteiger partial charge in [0.05, 0.1) is 48.9 Å². The number of hydrogen-bond donors (Lipinski definition) is 0. The molecule has 1 aliphatic rings. The van der Waals surface area contributed by atoms with E-state index in [2.05, 4.69) is 14.3 Å². The van der Waals surface area contributed by atoms with Crippen molar-refractivity contribution in [1.82, 2.24) is 28.7 Å². The molecule has 0 spiro atoms. The molecular weight excluding hydrogens is 568 g/mol. The summed E-state index contributed by atoms with van der Waals surface area (Å²) in [6.07, 6.45) is 5.84. The summed E-state index contributed by atoms with van der Waals surface area (Å²) >= 11 is 0. The van der Waals surface area contributed by atoms with Gasteiger partial charge < -0.3 is 18.9 Å². The predicted molar refractivity (Wildman–Crippen MR) is 174 cm³/mol. The van der Waals surface area contributed by atoms with Gasteiger partial charge in [0.25, 0.3) is 0 Å². The second-order valence-corrected chi connectivity index (χ2v) is 12.0. The Morgan fingerprint density at radius 2 is 1.78 bits per heavy atom. The van der Waals surface area contributed by atoms with Crippen molar-refractivity contribution in [1.29, 1.82) is 0 Å². The minimum atomic E-state index is -0.00445. The monoisotopic (exact) mass is 608 g/mol. The Morgan fingerprint density at radius 1 is 1.02 bits per heavy atom. The third-order valence-corrected chi connectivity index (χ3v) is 9.04. The first-order valence-corrected chi connectivity index (χ1v) is 15.3. The number of likely N-dealkylation sites (N-methyl/N-ethyl adjacent to an activating group) is 1. The normalized spacial score (nSPS) is 14.3. The number of piperidine rings is 1. The lowest BCUT2D eigenvalue weighted by Gasteiger charge is -2.31. The van der Waals surface area contributed by atoms with Crippen LogP contribution in [0.3, 0.4) is 0 Å². The number of fused-ring (bicyclic) bond motifs is 2. The van der Waals surface area contributed by atoms with E-state index in [1.54, 1.807) is 33.2 Å². The van der Waals surface area contributed by atoms with Gasteiger partial charge in [-0.1, -0.05) is 18.2 Å². The number of aromatic nitrogens is 4. The van der Waals surface area contributed by atoms with Gasteiger partial charge in [-0.3, -0.25) is 23.9 Å². The molecule has 1 fully saturated rings. The first-order chi connectivity index (χ1) is 21.7. The van der Waals surface area contributed by atoms with Gasteiger partial charge in [0.2, 0.25) is 5.91 Å². The minimum absolute atomic E-state index is 0.00445. The number of likely N-dealkylation sites (tertiary alicyclic amines) is 1. The quantitative estimate of drug-likeness (QED) is 0.220. The maximum Gasteiger partial charge on any atom is 0.236 e. The third-order valence-electron chi connectivity index (χ3n) is 9.04. The van der Waals surface area contributed by atoms with Crippen LogP contribution in [0.25, 0.3) is 27.7 Å². The number of carbonyl (C=O) groups excluding carboxylic acids is 2. The number of benzene rings is 2. The van der Waals surface area contributed by atoms with Crippen LogP contribution in [0, 0.1) is 6.92 Å². The average molecular weight is 609 g/mol. The van der Waals surface area contributed by atoms with Gasteiger partial charge in [-0.2, -0.15) is 0 Å². The third kappa shape index (κ3) is 5.66. The molecule has 1 aliphatic heterocycles. The van der Waals surface area contributed by atoms with Crippen LogP contribution >= 0.6 is 0 Å². The topological polar surface area (TPSA) is 94.2 Å².